The van der Waals surface area contributed by atoms with Gasteiger partial charge >= 0.3 is 12.3 Å². The second kappa shape index (κ2) is 8.30. The standard InChI is InChI=1S/C18H16BrF3N6O3/c1-30-17(29)24-14-7-12(18(20,21)22)11(8-23-14)15-25-16(27-2-4-31-5-3-27)13-6-10(19)9-28(13)26-15/h6-9H,2-5H2,1H3,(H,23,24,29). The number of anilines is 2. The van der Waals surface area contributed by atoms with Crippen LogP contribution < -0.4 is 10.2 Å². The van der Waals surface area contributed by atoms with E-state index in [4.69, 9.17) is 4.74 Å². The topological polar surface area (TPSA) is 93.9 Å². The number of morpholine rings is 1. The highest BCUT2D eigenvalue weighted by atomic mass is 79.9. The average molecular weight is 501 g/mol. The number of pyridine rings is 1. The monoisotopic (exact) mass is 500 g/mol. The van der Waals surface area contributed by atoms with E-state index in [1.165, 1.54) is 4.52 Å². The van der Waals surface area contributed by atoms with Crippen LogP contribution in [-0.2, 0) is 15.7 Å². The average Bonchev–Trinajstić information content (AvgIpc) is 3.13. The van der Waals surface area contributed by atoms with Gasteiger partial charge in [-0.05, 0) is 28.1 Å². The Morgan fingerprint density at radius 2 is 2.03 bits per heavy atom. The van der Waals surface area contributed by atoms with E-state index in [-0.39, 0.29) is 17.2 Å². The van der Waals surface area contributed by atoms with Gasteiger partial charge in [0.25, 0.3) is 0 Å². The van der Waals surface area contributed by atoms with Crippen LogP contribution in [0.5, 0.6) is 0 Å². The molecule has 3 aromatic heterocycles. The molecule has 4 heterocycles. The van der Waals surface area contributed by atoms with Gasteiger partial charge in [-0.2, -0.15) is 13.2 Å². The highest BCUT2D eigenvalue weighted by molar-refractivity contribution is 9.10. The summed E-state index contributed by atoms with van der Waals surface area (Å²) in [6.45, 7) is 2.05. The maximum absolute atomic E-state index is 13.8. The summed E-state index contributed by atoms with van der Waals surface area (Å²) in [5, 5.41) is 6.40. The molecular formula is C18H16BrF3N6O3. The Balaban J connectivity index is 1.86. The quantitative estimate of drug-likeness (QED) is 0.587. The van der Waals surface area contributed by atoms with Gasteiger partial charge < -0.3 is 14.4 Å². The van der Waals surface area contributed by atoms with Crippen LogP contribution in [0.1, 0.15) is 5.56 Å². The molecule has 0 bridgehead atoms. The van der Waals surface area contributed by atoms with Gasteiger partial charge in [0, 0.05) is 30.0 Å². The Morgan fingerprint density at radius 3 is 2.71 bits per heavy atom. The Bertz CT molecular complexity index is 1130. The lowest BCUT2D eigenvalue weighted by molar-refractivity contribution is -0.137. The number of rotatable bonds is 3. The number of methoxy groups -OCH3 is 1. The van der Waals surface area contributed by atoms with Gasteiger partial charge in [0.05, 0.1) is 31.5 Å². The first-order valence-electron chi connectivity index (χ1n) is 9.07. The van der Waals surface area contributed by atoms with Gasteiger partial charge in [0.1, 0.15) is 11.3 Å². The molecule has 0 saturated carbocycles. The second-order valence-corrected chi connectivity index (χ2v) is 7.49. The number of aromatic nitrogens is 4. The largest absolute Gasteiger partial charge is 0.453 e. The van der Waals surface area contributed by atoms with Crippen molar-refractivity contribution in [1.82, 2.24) is 19.6 Å². The molecule has 0 aromatic carbocycles. The summed E-state index contributed by atoms with van der Waals surface area (Å²) in [6.07, 6.45) is -3.05. The predicted octanol–water partition coefficient (Wildman–Crippen LogP) is 3.59. The number of nitrogens with one attached hydrogen (secondary N) is 1. The molecule has 1 amide bonds. The minimum Gasteiger partial charge on any atom is -0.453 e. The van der Waals surface area contributed by atoms with Crippen LogP contribution in [0.2, 0.25) is 0 Å². The summed E-state index contributed by atoms with van der Waals surface area (Å²) in [5.41, 5.74) is -0.709. The molecule has 1 aliphatic rings. The predicted molar refractivity (Wildman–Crippen MR) is 108 cm³/mol. The summed E-state index contributed by atoms with van der Waals surface area (Å²) < 4.78 is 53.5. The minimum atomic E-state index is -4.74. The molecule has 1 fully saturated rings. The second-order valence-electron chi connectivity index (χ2n) is 6.58. The highest BCUT2D eigenvalue weighted by Crippen LogP contribution is 2.38. The van der Waals surface area contributed by atoms with Crippen LogP contribution in [0.15, 0.2) is 29.0 Å². The van der Waals surface area contributed by atoms with E-state index in [1.807, 2.05) is 4.90 Å². The van der Waals surface area contributed by atoms with Crippen molar-refractivity contribution in [2.45, 2.75) is 6.18 Å². The number of hydrogen-bond donors (Lipinski definition) is 1. The fraction of sp³-hybridized carbons (Fsp3) is 0.333. The fourth-order valence-electron chi connectivity index (χ4n) is 3.17. The first-order valence-corrected chi connectivity index (χ1v) is 9.87. The lowest BCUT2D eigenvalue weighted by atomic mass is 10.1. The summed E-state index contributed by atoms with van der Waals surface area (Å²) in [6, 6.07) is 2.51. The van der Waals surface area contributed by atoms with Crippen molar-refractivity contribution < 1.29 is 27.4 Å². The maximum Gasteiger partial charge on any atom is 0.417 e. The Hall–Kier alpha value is -2.93. The Labute approximate surface area is 182 Å². The van der Waals surface area contributed by atoms with Gasteiger partial charge in [-0.15, -0.1) is 5.10 Å². The molecule has 0 atom stereocenters. The number of alkyl halides is 3. The first kappa shape index (κ1) is 21.3. The van der Waals surface area contributed by atoms with E-state index < -0.39 is 17.8 Å². The van der Waals surface area contributed by atoms with E-state index >= 15 is 0 Å². The van der Waals surface area contributed by atoms with Crippen LogP contribution in [0, 0.1) is 0 Å². The van der Waals surface area contributed by atoms with Crippen LogP contribution >= 0.6 is 15.9 Å². The van der Waals surface area contributed by atoms with Crippen LogP contribution in [0.3, 0.4) is 0 Å². The Morgan fingerprint density at radius 1 is 1.29 bits per heavy atom. The molecule has 0 radical (unpaired) electrons. The molecule has 1 saturated heterocycles. The van der Waals surface area contributed by atoms with Crippen molar-refractivity contribution in [1.29, 1.82) is 0 Å². The smallest absolute Gasteiger partial charge is 0.417 e. The first-order chi connectivity index (χ1) is 14.8. The molecule has 1 N–H and O–H groups in total. The lowest BCUT2D eigenvalue weighted by Gasteiger charge is -2.28. The summed E-state index contributed by atoms with van der Waals surface area (Å²) >= 11 is 3.37. The molecule has 9 nitrogen and oxygen atoms in total. The zero-order chi connectivity index (χ0) is 22.2. The number of ether oxygens (including phenoxy) is 2. The summed E-state index contributed by atoms with van der Waals surface area (Å²) in [5.74, 6) is 0.0338. The van der Waals surface area contributed by atoms with Gasteiger partial charge in [-0.1, -0.05) is 0 Å². The van der Waals surface area contributed by atoms with Crippen molar-refractivity contribution in [2.24, 2.45) is 0 Å². The summed E-state index contributed by atoms with van der Waals surface area (Å²) in [4.78, 5) is 21.7. The molecule has 3 aromatic rings. The van der Waals surface area contributed by atoms with Gasteiger partial charge in [-0.3, -0.25) is 5.32 Å². The molecule has 164 valence electrons. The van der Waals surface area contributed by atoms with Gasteiger partial charge in [0.2, 0.25) is 0 Å². The van der Waals surface area contributed by atoms with E-state index in [9.17, 15) is 18.0 Å². The van der Waals surface area contributed by atoms with Gasteiger partial charge in [0.15, 0.2) is 11.6 Å². The molecule has 13 heteroatoms. The number of carbonyl (C=O) groups excluding carboxylic acids is 1. The number of amides is 1. The van der Waals surface area contributed by atoms with Crippen LogP contribution in [-0.4, -0.2) is 59.1 Å². The van der Waals surface area contributed by atoms with Crippen molar-refractivity contribution in [3.05, 3.63) is 34.6 Å². The molecule has 4 rings (SSSR count). The van der Waals surface area contributed by atoms with E-state index in [2.05, 4.69) is 41.1 Å². The van der Waals surface area contributed by atoms with Crippen LogP contribution in [0.25, 0.3) is 16.9 Å². The van der Waals surface area contributed by atoms with E-state index in [0.717, 1.165) is 19.4 Å². The maximum atomic E-state index is 13.8. The molecule has 1 aliphatic heterocycles. The molecular weight excluding hydrogens is 485 g/mol. The van der Waals surface area contributed by atoms with Crippen molar-refractivity contribution in [3.63, 3.8) is 0 Å². The fourth-order valence-corrected chi connectivity index (χ4v) is 3.58. The number of hydrogen-bond acceptors (Lipinski definition) is 7. The summed E-state index contributed by atoms with van der Waals surface area (Å²) in [7, 11) is 1.10. The molecule has 31 heavy (non-hydrogen) atoms. The molecule has 0 spiro atoms. The third-order valence-corrected chi connectivity index (χ3v) is 5.02. The van der Waals surface area contributed by atoms with Crippen LogP contribution in [0.4, 0.5) is 29.6 Å². The van der Waals surface area contributed by atoms with E-state index in [1.54, 1.807) is 12.3 Å². The van der Waals surface area contributed by atoms with E-state index in [0.29, 0.717) is 42.1 Å². The number of carbonyl (C=O) groups is 1. The zero-order valence-electron chi connectivity index (χ0n) is 16.1. The molecule has 0 unspecified atom stereocenters. The SMILES string of the molecule is COC(=O)Nc1cc(C(F)(F)F)c(-c2nc(N3CCOCC3)c3cc(Br)cn3n2)cn1. The number of fused-ring (bicyclic) bond motifs is 1. The van der Waals surface area contributed by atoms with Crippen molar-refractivity contribution in [3.8, 4) is 11.4 Å². The number of nitrogens with zero attached hydrogens (tertiary/aromatic N) is 5. The highest BCUT2D eigenvalue weighted by Gasteiger charge is 2.36. The number of halogens is 4. The lowest BCUT2D eigenvalue weighted by Crippen LogP contribution is -2.37. The van der Waals surface area contributed by atoms with Crippen molar-refractivity contribution in [2.75, 3.05) is 43.6 Å². The Kier molecular flexibility index (Phi) is 5.71. The normalized spacial score (nSPS) is 14.7. The zero-order valence-corrected chi connectivity index (χ0v) is 17.7. The van der Waals surface area contributed by atoms with Crippen molar-refractivity contribution >= 4 is 39.2 Å². The third-order valence-electron chi connectivity index (χ3n) is 4.59. The van der Waals surface area contributed by atoms with Gasteiger partial charge in [-0.25, -0.2) is 19.3 Å². The third kappa shape index (κ3) is 4.42. The molecule has 0 aliphatic carbocycles. The minimum absolute atomic E-state index is 0.151.